The minimum atomic E-state index is -4.63. The number of carboxylic acids is 6. The van der Waals surface area contributed by atoms with Crippen molar-refractivity contribution in [1.82, 2.24) is 24.3 Å². The van der Waals surface area contributed by atoms with Crippen LogP contribution < -0.4 is 10.5 Å². The van der Waals surface area contributed by atoms with Gasteiger partial charge in [0, 0.05) is 86.5 Å². The van der Waals surface area contributed by atoms with Crippen molar-refractivity contribution in [2.24, 2.45) is 0 Å². The molecule has 21 nitrogen and oxygen atoms in total. The monoisotopic (exact) mass is 1030 g/mol. The summed E-state index contributed by atoms with van der Waals surface area (Å²) in [6.45, 7) is 4.33. The Kier molecular flexibility index (Phi) is 20.2. The summed E-state index contributed by atoms with van der Waals surface area (Å²) in [7, 11) is -2.47. The molecule has 6 rings (SSSR count). The number of rotatable bonds is 12. The number of fused-ring (bicyclic) bond motifs is 1. The van der Waals surface area contributed by atoms with Crippen LogP contribution in [0.2, 0.25) is 0 Å². The van der Waals surface area contributed by atoms with Gasteiger partial charge in [0.15, 0.2) is 0 Å². The molecule has 1 aliphatic heterocycles. The number of piperazine rings is 1. The zero-order chi connectivity index (χ0) is 50.2. The van der Waals surface area contributed by atoms with E-state index in [9.17, 15) is 46.0 Å². The molecule has 1 saturated carbocycles. The first kappa shape index (κ1) is 54.2. The van der Waals surface area contributed by atoms with Crippen LogP contribution in [0.1, 0.15) is 31.7 Å². The highest BCUT2D eigenvalue weighted by atomic mass is 79.9. The number of nitrogens with zero attached hydrogens (tertiary/aromatic N) is 5. The van der Waals surface area contributed by atoms with E-state index in [4.69, 9.17) is 36.4 Å². The van der Waals surface area contributed by atoms with E-state index in [0.717, 1.165) is 51.9 Å². The first-order chi connectivity index (χ1) is 31.4. The molecule has 0 unspecified atom stereocenters. The summed E-state index contributed by atoms with van der Waals surface area (Å²) in [5, 5.41) is 47.5. The molecule has 1 saturated heterocycles. The highest BCUT2D eigenvalue weighted by molar-refractivity contribution is 9.10. The number of likely N-dealkylation sites (N-methyl/N-ethyl adjacent to an activating group) is 1. The van der Waals surface area contributed by atoms with Gasteiger partial charge in [-0.25, -0.2) is 60.3 Å². The van der Waals surface area contributed by atoms with Crippen molar-refractivity contribution in [3.8, 4) is 11.1 Å². The molecule has 0 spiro atoms. The van der Waals surface area contributed by atoms with Crippen molar-refractivity contribution in [2.75, 3.05) is 43.7 Å². The third-order valence-electron chi connectivity index (χ3n) is 9.65. The lowest BCUT2D eigenvalue weighted by molar-refractivity contribution is -0.134. The van der Waals surface area contributed by atoms with Gasteiger partial charge in [0.25, 0.3) is 10.0 Å². The molecule has 9 N–H and O–H groups in total. The number of nitrogens with two attached hydrogens (primary N) is 1. The topological polar surface area (TPSA) is 333 Å². The Balaban J connectivity index is 0.000000406. The fourth-order valence-corrected chi connectivity index (χ4v) is 8.05. The molecule has 360 valence electrons. The number of aromatic nitrogens is 3. The van der Waals surface area contributed by atoms with Crippen LogP contribution in [0.5, 0.6) is 0 Å². The van der Waals surface area contributed by atoms with Crippen molar-refractivity contribution in [2.45, 2.75) is 42.7 Å². The summed E-state index contributed by atoms with van der Waals surface area (Å²) in [5.74, 6) is -10.3. The Labute approximate surface area is 387 Å². The zero-order valence-electron chi connectivity index (χ0n) is 35.0. The molecule has 4 aromatic rings. The van der Waals surface area contributed by atoms with Gasteiger partial charge in [-0.15, -0.1) is 0 Å². The van der Waals surface area contributed by atoms with Crippen LogP contribution in [-0.2, 0) is 38.8 Å². The maximum absolute atomic E-state index is 15.4. The fourth-order valence-electron chi connectivity index (χ4n) is 6.60. The van der Waals surface area contributed by atoms with Gasteiger partial charge >= 0.3 is 35.8 Å². The number of benzene rings is 2. The summed E-state index contributed by atoms with van der Waals surface area (Å²) >= 11 is 2.81. The summed E-state index contributed by atoms with van der Waals surface area (Å²) in [6.07, 6.45) is 10.7. The number of hydrogen-bond acceptors (Lipinski definition) is 13. The molecular weight excluding hydrogens is 983 g/mol. The molecule has 1 aliphatic carbocycles. The fraction of sp³-hybridized carbons (Fsp3) is 0.268. The molecule has 0 bridgehead atoms. The number of carboxylic acid groups (broad SMARTS) is 6. The number of nitrogen functional groups attached to an aromatic ring is 1. The molecule has 2 aliphatic rings. The third kappa shape index (κ3) is 17.0. The Hall–Kier alpha value is -7.16. The van der Waals surface area contributed by atoms with Crippen LogP contribution in [0.3, 0.4) is 0 Å². The second kappa shape index (κ2) is 24.9. The van der Waals surface area contributed by atoms with E-state index in [0.29, 0.717) is 76.8 Å². The minimum Gasteiger partial charge on any atom is -0.478 e. The van der Waals surface area contributed by atoms with Crippen molar-refractivity contribution in [3.63, 3.8) is 0 Å². The van der Waals surface area contributed by atoms with Gasteiger partial charge < -0.3 is 45.8 Å². The summed E-state index contributed by atoms with van der Waals surface area (Å²) in [6, 6.07) is 5.92. The molecule has 2 fully saturated rings. The van der Waals surface area contributed by atoms with E-state index in [1.807, 2.05) is 10.9 Å². The van der Waals surface area contributed by atoms with Gasteiger partial charge in [-0.05, 0) is 78.5 Å². The van der Waals surface area contributed by atoms with Gasteiger partial charge in [0.1, 0.15) is 40.1 Å². The Morgan fingerprint density at radius 3 is 1.64 bits per heavy atom. The minimum absolute atomic E-state index is 0.186. The molecule has 67 heavy (non-hydrogen) atoms. The normalized spacial score (nSPS) is 16.6. The molecule has 26 heteroatoms. The number of anilines is 2. The predicted molar refractivity (Wildman–Crippen MR) is 236 cm³/mol. The van der Waals surface area contributed by atoms with Crippen molar-refractivity contribution in [1.29, 1.82) is 0 Å². The maximum atomic E-state index is 15.4. The van der Waals surface area contributed by atoms with Crippen LogP contribution in [0.15, 0.2) is 88.7 Å². The summed E-state index contributed by atoms with van der Waals surface area (Å²) < 4.78 is 73.1. The van der Waals surface area contributed by atoms with Gasteiger partial charge in [0.05, 0.1) is 15.5 Å². The van der Waals surface area contributed by atoms with Gasteiger partial charge in [-0.2, -0.15) is 0 Å². The second-order valence-electron chi connectivity index (χ2n) is 14.2. The molecule has 0 atom stereocenters. The van der Waals surface area contributed by atoms with Crippen molar-refractivity contribution < 1.29 is 81.0 Å². The molecule has 2 aromatic carbocycles. The average Bonchev–Trinajstić information content (AvgIpc) is 3.65. The molecule has 0 radical (unpaired) electrons. The van der Waals surface area contributed by atoms with Gasteiger partial charge in [0.2, 0.25) is 0 Å². The number of hydrogen-bond donors (Lipinski definition) is 8. The largest absolute Gasteiger partial charge is 0.478 e. The van der Waals surface area contributed by atoms with E-state index in [2.05, 4.69) is 47.3 Å². The Morgan fingerprint density at radius 1 is 0.701 bits per heavy atom. The van der Waals surface area contributed by atoms with E-state index in [-0.39, 0.29) is 16.3 Å². The lowest BCUT2D eigenvalue weighted by Crippen LogP contribution is -2.49. The zero-order valence-corrected chi connectivity index (χ0v) is 37.4. The number of halogens is 4. The van der Waals surface area contributed by atoms with Crippen molar-refractivity contribution in [3.05, 3.63) is 101 Å². The number of carbonyl (C=O) groups is 6. The summed E-state index contributed by atoms with van der Waals surface area (Å²) in [5.41, 5.74) is 7.59. The highest BCUT2D eigenvalue weighted by Gasteiger charge is 2.30. The van der Waals surface area contributed by atoms with Crippen LogP contribution in [0, 0.1) is 17.5 Å². The highest BCUT2D eigenvalue weighted by Crippen LogP contribution is 2.40. The van der Waals surface area contributed by atoms with E-state index in [1.54, 1.807) is 0 Å². The van der Waals surface area contributed by atoms with Crippen LogP contribution >= 0.6 is 15.9 Å². The maximum Gasteiger partial charge on any atom is 0.328 e. The lowest BCUT2D eigenvalue weighted by atomic mass is 9.89. The Morgan fingerprint density at radius 2 is 1.18 bits per heavy atom. The van der Waals surface area contributed by atoms with Crippen LogP contribution in [0.25, 0.3) is 22.2 Å². The summed E-state index contributed by atoms with van der Waals surface area (Å²) in [4.78, 5) is 70.0. The van der Waals surface area contributed by atoms with Crippen molar-refractivity contribution >= 4 is 84.3 Å². The van der Waals surface area contributed by atoms with E-state index < -0.39 is 73.9 Å². The first-order valence-corrected chi connectivity index (χ1v) is 21.6. The smallest absolute Gasteiger partial charge is 0.328 e. The first-order valence-electron chi connectivity index (χ1n) is 19.3. The number of nitrogens with one attached hydrogen (secondary N) is 1. The molecule has 0 amide bonds. The number of sulfonamides is 1. The average molecular weight is 1030 g/mol. The van der Waals surface area contributed by atoms with Gasteiger partial charge in [-0.3, -0.25) is 9.62 Å². The van der Waals surface area contributed by atoms with Crippen LogP contribution in [-0.4, -0.2) is 138 Å². The third-order valence-corrected chi connectivity index (χ3v) is 11.6. The predicted octanol–water partition coefficient (Wildman–Crippen LogP) is 4.53. The van der Waals surface area contributed by atoms with E-state index in [1.165, 1.54) is 24.5 Å². The standard InChI is InChI=1S/C29H31BrF3N7O2S.3C4H4O4/c1-38-8-10-39(11-9-38)18-3-5-19(6-4-18)40-15-20(27-28(34)35-16-36-29(27)40)17-2-7-25(23(32)12-17)37-43(41,42)26-14-22(31)21(30)13-24(26)33;3*5-3(6)1-2-4(7)8/h2,7,12-16,18-19,37H,3-6,8-11H2,1H3,(H2,34,35,36);3*1-2H,(H,5,6)(H,7,8)/b;3*2-1-. The molecule has 2 aromatic heterocycles. The van der Waals surface area contributed by atoms with Gasteiger partial charge in [-0.1, -0.05) is 6.07 Å². The quantitative estimate of drug-likeness (QED) is 0.0714. The number of aliphatic carboxylic acids is 6. The van der Waals surface area contributed by atoms with Crippen LogP contribution in [0.4, 0.5) is 24.7 Å². The SMILES string of the molecule is CN1CCN(C2CCC(n3cc(-c4ccc(NS(=O)(=O)c5cc(F)c(Br)cc5F)c(F)c4)c4c(N)ncnc43)CC2)CC1.O=C(O)/C=C\C(=O)O.O=C(O)/C=C\C(=O)O.O=C(O)/C=C\C(=O)O. The Bertz CT molecular complexity index is 2550. The molecular formula is C41H43BrF3N7O14S. The molecule has 3 heterocycles. The lowest BCUT2D eigenvalue weighted by Gasteiger charge is -2.41. The van der Waals surface area contributed by atoms with E-state index >= 15 is 4.39 Å². The second-order valence-corrected chi connectivity index (χ2v) is 16.7.